The first-order valence-corrected chi connectivity index (χ1v) is 7.21. The molecule has 5 nitrogen and oxygen atoms in total. The second kappa shape index (κ2) is 6.43. The SMILES string of the molecule is CCn1cc(N)c(C(=O)NC(c2ccccc2)C(C)C)n1. The summed E-state index contributed by atoms with van der Waals surface area (Å²) in [6.07, 6.45) is 1.68. The second-order valence-corrected chi connectivity index (χ2v) is 5.39. The van der Waals surface area contributed by atoms with Gasteiger partial charge in [-0.05, 0) is 18.4 Å². The maximum absolute atomic E-state index is 12.4. The van der Waals surface area contributed by atoms with Crippen molar-refractivity contribution >= 4 is 11.6 Å². The van der Waals surface area contributed by atoms with Gasteiger partial charge >= 0.3 is 0 Å². The van der Waals surface area contributed by atoms with Crippen LogP contribution in [0.5, 0.6) is 0 Å². The molecule has 2 rings (SSSR count). The number of nitrogens with zero attached hydrogens (tertiary/aromatic N) is 2. The van der Waals surface area contributed by atoms with Crippen molar-refractivity contribution in [2.24, 2.45) is 5.92 Å². The lowest BCUT2D eigenvalue weighted by Crippen LogP contribution is -2.32. The van der Waals surface area contributed by atoms with Crippen LogP contribution in [0.1, 0.15) is 42.9 Å². The number of anilines is 1. The van der Waals surface area contributed by atoms with E-state index in [9.17, 15) is 4.79 Å². The van der Waals surface area contributed by atoms with Crippen LogP contribution in [0, 0.1) is 5.92 Å². The number of aromatic nitrogens is 2. The van der Waals surface area contributed by atoms with Gasteiger partial charge in [0, 0.05) is 12.7 Å². The Balaban J connectivity index is 2.21. The van der Waals surface area contributed by atoms with Crippen LogP contribution >= 0.6 is 0 Å². The van der Waals surface area contributed by atoms with Gasteiger partial charge in [0.15, 0.2) is 5.69 Å². The summed E-state index contributed by atoms with van der Waals surface area (Å²) < 4.78 is 1.66. The van der Waals surface area contributed by atoms with Crippen LogP contribution in [0.25, 0.3) is 0 Å². The Kier molecular flexibility index (Phi) is 4.62. The minimum atomic E-state index is -0.234. The minimum absolute atomic E-state index is 0.0649. The zero-order chi connectivity index (χ0) is 15.4. The molecule has 1 aromatic heterocycles. The van der Waals surface area contributed by atoms with Crippen LogP contribution in [0.3, 0.4) is 0 Å². The fourth-order valence-corrected chi connectivity index (χ4v) is 2.28. The predicted octanol–water partition coefficient (Wildman–Crippen LogP) is 2.61. The van der Waals surface area contributed by atoms with E-state index in [2.05, 4.69) is 24.3 Å². The summed E-state index contributed by atoms with van der Waals surface area (Å²) in [5, 5.41) is 7.25. The fraction of sp³-hybridized carbons (Fsp3) is 0.375. The molecule has 0 bridgehead atoms. The van der Waals surface area contributed by atoms with Crippen molar-refractivity contribution in [1.29, 1.82) is 0 Å². The molecule has 0 aliphatic rings. The van der Waals surface area contributed by atoms with Gasteiger partial charge in [-0.1, -0.05) is 44.2 Å². The number of nitrogen functional groups attached to an aromatic ring is 1. The fourth-order valence-electron chi connectivity index (χ4n) is 2.28. The number of carbonyl (C=O) groups is 1. The van der Waals surface area contributed by atoms with Crippen molar-refractivity contribution < 1.29 is 4.79 Å². The van der Waals surface area contributed by atoms with Crippen molar-refractivity contribution in [2.45, 2.75) is 33.4 Å². The number of carbonyl (C=O) groups excluding carboxylic acids is 1. The van der Waals surface area contributed by atoms with Crippen LogP contribution in [-0.4, -0.2) is 15.7 Å². The summed E-state index contributed by atoms with van der Waals surface area (Å²) >= 11 is 0. The Labute approximate surface area is 125 Å². The average Bonchev–Trinajstić information content (AvgIpc) is 2.86. The molecule has 0 saturated carbocycles. The van der Waals surface area contributed by atoms with Crippen molar-refractivity contribution in [2.75, 3.05) is 5.73 Å². The lowest BCUT2D eigenvalue weighted by molar-refractivity contribution is 0.0920. The minimum Gasteiger partial charge on any atom is -0.396 e. The van der Waals surface area contributed by atoms with E-state index >= 15 is 0 Å². The number of amides is 1. The highest BCUT2D eigenvalue weighted by molar-refractivity contribution is 5.97. The summed E-state index contributed by atoms with van der Waals surface area (Å²) in [5.74, 6) is 0.0353. The molecule has 0 saturated heterocycles. The van der Waals surface area contributed by atoms with E-state index in [1.807, 2.05) is 37.3 Å². The second-order valence-electron chi connectivity index (χ2n) is 5.39. The molecule has 1 amide bonds. The first-order chi connectivity index (χ1) is 10.0. The topological polar surface area (TPSA) is 72.9 Å². The van der Waals surface area contributed by atoms with Crippen molar-refractivity contribution in [3.63, 3.8) is 0 Å². The summed E-state index contributed by atoms with van der Waals surface area (Å²) in [7, 11) is 0. The summed E-state index contributed by atoms with van der Waals surface area (Å²) in [5.41, 5.74) is 7.64. The van der Waals surface area contributed by atoms with Gasteiger partial charge in [0.25, 0.3) is 5.91 Å². The van der Waals surface area contributed by atoms with Crippen LogP contribution in [0.15, 0.2) is 36.5 Å². The summed E-state index contributed by atoms with van der Waals surface area (Å²) in [4.78, 5) is 12.4. The van der Waals surface area contributed by atoms with E-state index < -0.39 is 0 Å². The predicted molar refractivity (Wildman–Crippen MR) is 83.8 cm³/mol. The van der Waals surface area contributed by atoms with E-state index in [0.717, 1.165) is 5.56 Å². The monoisotopic (exact) mass is 286 g/mol. The highest BCUT2D eigenvalue weighted by atomic mass is 16.2. The Hall–Kier alpha value is -2.30. The summed E-state index contributed by atoms with van der Waals surface area (Å²) in [6.45, 7) is 6.79. The van der Waals surface area contributed by atoms with Crippen molar-refractivity contribution in [3.05, 3.63) is 47.8 Å². The number of aryl methyl sites for hydroxylation is 1. The van der Waals surface area contributed by atoms with Crippen LogP contribution in [0.4, 0.5) is 5.69 Å². The molecule has 1 atom stereocenters. The highest BCUT2D eigenvalue weighted by Gasteiger charge is 2.22. The van der Waals surface area contributed by atoms with Gasteiger partial charge < -0.3 is 11.1 Å². The third-order valence-corrected chi connectivity index (χ3v) is 3.44. The standard InChI is InChI=1S/C16H22N4O/c1-4-20-10-13(17)15(19-20)16(21)18-14(11(2)3)12-8-6-5-7-9-12/h5-11,14H,4,17H2,1-3H3,(H,18,21). The normalized spacial score (nSPS) is 12.4. The molecule has 2 aromatic rings. The number of hydrogen-bond donors (Lipinski definition) is 2. The zero-order valence-electron chi connectivity index (χ0n) is 12.7. The molecule has 0 spiro atoms. The molecule has 1 heterocycles. The lowest BCUT2D eigenvalue weighted by atomic mass is 9.96. The Bertz CT molecular complexity index is 604. The molecular weight excluding hydrogens is 264 g/mol. The molecular formula is C16H22N4O. The van der Waals surface area contributed by atoms with Crippen molar-refractivity contribution in [1.82, 2.24) is 15.1 Å². The lowest BCUT2D eigenvalue weighted by Gasteiger charge is -2.22. The number of nitrogens with two attached hydrogens (primary N) is 1. The highest BCUT2D eigenvalue weighted by Crippen LogP contribution is 2.22. The molecule has 3 N–H and O–H groups in total. The third kappa shape index (κ3) is 3.42. The van der Waals surface area contributed by atoms with Crippen LogP contribution < -0.4 is 11.1 Å². The number of hydrogen-bond acceptors (Lipinski definition) is 3. The Morgan fingerprint density at radius 1 is 1.33 bits per heavy atom. The number of rotatable bonds is 5. The maximum atomic E-state index is 12.4. The first kappa shape index (κ1) is 15.1. The van der Waals surface area contributed by atoms with E-state index in [1.165, 1.54) is 0 Å². The van der Waals surface area contributed by atoms with E-state index in [1.54, 1.807) is 10.9 Å². The van der Waals surface area contributed by atoms with E-state index in [-0.39, 0.29) is 17.9 Å². The van der Waals surface area contributed by atoms with Gasteiger partial charge in [-0.25, -0.2) is 0 Å². The van der Waals surface area contributed by atoms with Gasteiger partial charge in [0.05, 0.1) is 11.7 Å². The largest absolute Gasteiger partial charge is 0.396 e. The molecule has 21 heavy (non-hydrogen) atoms. The quantitative estimate of drug-likeness (QED) is 0.887. The molecule has 5 heteroatoms. The zero-order valence-corrected chi connectivity index (χ0v) is 12.7. The molecule has 0 radical (unpaired) electrons. The van der Waals surface area contributed by atoms with Gasteiger partial charge in [-0.2, -0.15) is 5.10 Å². The Morgan fingerprint density at radius 3 is 2.52 bits per heavy atom. The molecule has 0 aliphatic heterocycles. The van der Waals surface area contributed by atoms with Crippen LogP contribution in [-0.2, 0) is 6.54 Å². The van der Waals surface area contributed by atoms with E-state index in [0.29, 0.717) is 17.9 Å². The van der Waals surface area contributed by atoms with Crippen molar-refractivity contribution in [3.8, 4) is 0 Å². The maximum Gasteiger partial charge on any atom is 0.274 e. The summed E-state index contributed by atoms with van der Waals surface area (Å²) in [6, 6.07) is 9.86. The third-order valence-electron chi connectivity index (χ3n) is 3.44. The van der Waals surface area contributed by atoms with Crippen LogP contribution in [0.2, 0.25) is 0 Å². The van der Waals surface area contributed by atoms with E-state index in [4.69, 9.17) is 5.73 Å². The smallest absolute Gasteiger partial charge is 0.274 e. The van der Waals surface area contributed by atoms with Gasteiger partial charge in [0.1, 0.15) is 0 Å². The van der Waals surface area contributed by atoms with Gasteiger partial charge in [-0.3, -0.25) is 9.48 Å². The first-order valence-electron chi connectivity index (χ1n) is 7.21. The molecule has 1 unspecified atom stereocenters. The van der Waals surface area contributed by atoms with Gasteiger partial charge in [-0.15, -0.1) is 0 Å². The number of benzene rings is 1. The van der Waals surface area contributed by atoms with Gasteiger partial charge in [0.2, 0.25) is 0 Å². The molecule has 0 fully saturated rings. The average molecular weight is 286 g/mol. The Morgan fingerprint density at radius 2 is 2.00 bits per heavy atom. The molecule has 112 valence electrons. The molecule has 1 aromatic carbocycles. The molecule has 0 aliphatic carbocycles. The number of nitrogens with one attached hydrogen (secondary N) is 1.